The van der Waals surface area contributed by atoms with Crippen LogP contribution in [-0.2, 0) is 5.75 Å². The van der Waals surface area contributed by atoms with E-state index in [1.807, 2.05) is 55.5 Å². The molecule has 0 radical (unpaired) electrons. The molecule has 0 fully saturated rings. The molecule has 0 N–H and O–H groups in total. The van der Waals surface area contributed by atoms with Gasteiger partial charge in [0.05, 0.1) is 11.3 Å². The van der Waals surface area contributed by atoms with Crippen molar-refractivity contribution in [2.45, 2.75) is 17.7 Å². The molecule has 108 valence electrons. The summed E-state index contributed by atoms with van der Waals surface area (Å²) in [5.41, 5.74) is 2.68. The van der Waals surface area contributed by atoms with Crippen LogP contribution in [0.1, 0.15) is 11.7 Å². The van der Waals surface area contributed by atoms with Crippen LogP contribution in [0.5, 0.6) is 0 Å². The van der Waals surface area contributed by atoms with Gasteiger partial charge in [0.25, 0.3) is 0 Å². The predicted octanol–water partition coefficient (Wildman–Crippen LogP) is 4.37. The highest BCUT2D eigenvalue weighted by Gasteiger charge is 2.09. The summed E-state index contributed by atoms with van der Waals surface area (Å²) in [4.78, 5) is 13.5. The second-order valence-corrected chi connectivity index (χ2v) is 5.92. The summed E-state index contributed by atoms with van der Waals surface area (Å²) in [6, 6.07) is 15.8. The molecule has 4 rings (SSSR count). The first-order valence-electron chi connectivity index (χ1n) is 7.00. The number of benzene rings is 2. The lowest BCUT2D eigenvalue weighted by atomic mass is 10.2. The molecule has 0 saturated heterocycles. The van der Waals surface area contributed by atoms with E-state index < -0.39 is 0 Å². The normalized spacial score (nSPS) is 11.3. The van der Waals surface area contributed by atoms with Crippen molar-refractivity contribution < 1.29 is 4.42 Å². The van der Waals surface area contributed by atoms with E-state index in [1.54, 1.807) is 11.8 Å². The Labute approximate surface area is 131 Å². The minimum atomic E-state index is 0.648. The second-order valence-electron chi connectivity index (χ2n) is 4.96. The SMILES string of the molecule is Cc1nc(SCc2nc3ccccc3o2)c2ccccc2n1. The number of aromatic nitrogens is 3. The summed E-state index contributed by atoms with van der Waals surface area (Å²) in [5, 5.41) is 2.03. The smallest absolute Gasteiger partial charge is 0.205 e. The largest absolute Gasteiger partial charge is 0.440 e. The molecule has 2 heterocycles. The van der Waals surface area contributed by atoms with Gasteiger partial charge in [0, 0.05) is 5.39 Å². The quantitative estimate of drug-likeness (QED) is 0.415. The van der Waals surface area contributed by atoms with Gasteiger partial charge in [-0.3, -0.25) is 0 Å². The lowest BCUT2D eigenvalue weighted by molar-refractivity contribution is 0.556. The van der Waals surface area contributed by atoms with Crippen LogP contribution < -0.4 is 0 Å². The molecule has 0 bridgehead atoms. The number of hydrogen-bond acceptors (Lipinski definition) is 5. The molecule has 0 aliphatic rings. The zero-order chi connectivity index (χ0) is 14.9. The molecule has 0 aliphatic carbocycles. The second kappa shape index (κ2) is 5.42. The Bertz CT molecular complexity index is 931. The molecule has 2 aromatic carbocycles. The van der Waals surface area contributed by atoms with E-state index in [0.717, 1.165) is 32.9 Å². The molecule has 0 saturated carbocycles. The van der Waals surface area contributed by atoms with Crippen LogP contribution >= 0.6 is 11.8 Å². The van der Waals surface area contributed by atoms with Gasteiger partial charge < -0.3 is 4.42 Å². The summed E-state index contributed by atoms with van der Waals surface area (Å²) in [5.74, 6) is 2.14. The van der Waals surface area contributed by atoms with Crippen LogP contribution in [0.15, 0.2) is 58.0 Å². The summed E-state index contributed by atoms with van der Waals surface area (Å²) < 4.78 is 5.76. The molecule has 4 nitrogen and oxygen atoms in total. The number of aryl methyl sites for hydroxylation is 1. The van der Waals surface area contributed by atoms with Crippen molar-refractivity contribution in [3.8, 4) is 0 Å². The van der Waals surface area contributed by atoms with Crippen LogP contribution in [0.3, 0.4) is 0 Å². The van der Waals surface area contributed by atoms with Crippen LogP contribution in [-0.4, -0.2) is 15.0 Å². The van der Waals surface area contributed by atoms with Gasteiger partial charge in [0.15, 0.2) is 5.58 Å². The molecule has 5 heteroatoms. The predicted molar refractivity (Wildman–Crippen MR) is 87.8 cm³/mol. The average molecular weight is 307 g/mol. The molecule has 2 aromatic heterocycles. The number of hydrogen-bond donors (Lipinski definition) is 0. The number of oxazole rings is 1. The molecule has 0 aliphatic heterocycles. The van der Waals surface area contributed by atoms with Crippen LogP contribution in [0, 0.1) is 6.92 Å². The van der Waals surface area contributed by atoms with Gasteiger partial charge in [0.2, 0.25) is 5.89 Å². The maximum Gasteiger partial charge on any atom is 0.205 e. The maximum absolute atomic E-state index is 5.76. The molecule has 0 spiro atoms. The van der Waals surface area contributed by atoms with Crippen molar-refractivity contribution in [1.82, 2.24) is 15.0 Å². The van der Waals surface area contributed by atoms with E-state index >= 15 is 0 Å². The first-order valence-corrected chi connectivity index (χ1v) is 7.99. The van der Waals surface area contributed by atoms with Crippen molar-refractivity contribution >= 4 is 33.8 Å². The van der Waals surface area contributed by atoms with Crippen LogP contribution in [0.2, 0.25) is 0 Å². The van der Waals surface area contributed by atoms with Gasteiger partial charge in [-0.2, -0.15) is 0 Å². The van der Waals surface area contributed by atoms with Gasteiger partial charge >= 0.3 is 0 Å². The monoisotopic (exact) mass is 307 g/mol. The first-order chi connectivity index (χ1) is 10.8. The maximum atomic E-state index is 5.76. The third-order valence-corrected chi connectivity index (χ3v) is 4.33. The van der Waals surface area contributed by atoms with E-state index in [0.29, 0.717) is 11.6 Å². The third-order valence-electron chi connectivity index (χ3n) is 3.35. The van der Waals surface area contributed by atoms with Crippen molar-refractivity contribution in [2.24, 2.45) is 0 Å². The molecule has 4 aromatic rings. The fraction of sp³-hybridized carbons (Fsp3) is 0.118. The Balaban J connectivity index is 1.66. The van der Waals surface area contributed by atoms with E-state index in [4.69, 9.17) is 4.42 Å². The topological polar surface area (TPSA) is 51.8 Å². The Kier molecular flexibility index (Phi) is 3.27. The number of rotatable bonds is 3. The van der Waals surface area contributed by atoms with Gasteiger partial charge in [-0.25, -0.2) is 15.0 Å². The van der Waals surface area contributed by atoms with Crippen LogP contribution in [0.25, 0.3) is 22.0 Å². The molecule has 22 heavy (non-hydrogen) atoms. The lowest BCUT2D eigenvalue weighted by Crippen LogP contribution is -1.93. The molecular formula is C17H13N3OS. The third kappa shape index (κ3) is 2.44. The number of nitrogens with zero attached hydrogens (tertiary/aromatic N) is 3. The minimum absolute atomic E-state index is 0.648. The van der Waals surface area contributed by atoms with E-state index in [2.05, 4.69) is 15.0 Å². The van der Waals surface area contributed by atoms with E-state index in [-0.39, 0.29) is 0 Å². The van der Waals surface area contributed by atoms with Crippen molar-refractivity contribution in [3.05, 3.63) is 60.2 Å². The Hall–Kier alpha value is -2.40. The number of fused-ring (bicyclic) bond motifs is 2. The Morgan fingerprint density at radius 1 is 0.909 bits per heavy atom. The number of thioether (sulfide) groups is 1. The standard InChI is InChI=1S/C17H13N3OS/c1-11-18-13-7-3-2-6-12(13)17(19-11)22-10-16-20-14-8-4-5-9-15(14)21-16/h2-9H,10H2,1H3. The summed E-state index contributed by atoms with van der Waals surface area (Å²) in [6.07, 6.45) is 0. The lowest BCUT2D eigenvalue weighted by Gasteiger charge is -2.05. The first kappa shape index (κ1) is 13.3. The van der Waals surface area contributed by atoms with Crippen molar-refractivity contribution in [2.75, 3.05) is 0 Å². The highest BCUT2D eigenvalue weighted by atomic mass is 32.2. The minimum Gasteiger partial charge on any atom is -0.440 e. The van der Waals surface area contributed by atoms with Crippen molar-refractivity contribution in [1.29, 1.82) is 0 Å². The summed E-state index contributed by atoms with van der Waals surface area (Å²) in [7, 11) is 0. The highest BCUT2D eigenvalue weighted by molar-refractivity contribution is 7.98. The van der Waals surface area contributed by atoms with Gasteiger partial charge in [-0.15, -0.1) is 0 Å². The van der Waals surface area contributed by atoms with E-state index in [9.17, 15) is 0 Å². The van der Waals surface area contributed by atoms with Crippen molar-refractivity contribution in [3.63, 3.8) is 0 Å². The fourth-order valence-electron chi connectivity index (χ4n) is 2.38. The summed E-state index contributed by atoms with van der Waals surface area (Å²) >= 11 is 1.63. The fourth-order valence-corrected chi connectivity index (χ4v) is 3.29. The molecular weight excluding hydrogens is 294 g/mol. The van der Waals surface area contributed by atoms with Gasteiger partial charge in [-0.1, -0.05) is 42.1 Å². The van der Waals surface area contributed by atoms with Crippen LogP contribution in [0.4, 0.5) is 0 Å². The zero-order valence-electron chi connectivity index (χ0n) is 12.0. The highest BCUT2D eigenvalue weighted by Crippen LogP contribution is 2.28. The molecule has 0 unspecified atom stereocenters. The molecule has 0 atom stereocenters. The molecule has 0 amide bonds. The zero-order valence-corrected chi connectivity index (χ0v) is 12.8. The number of para-hydroxylation sites is 3. The Morgan fingerprint density at radius 3 is 2.55 bits per heavy atom. The van der Waals surface area contributed by atoms with E-state index in [1.165, 1.54) is 0 Å². The summed E-state index contributed by atoms with van der Waals surface area (Å²) in [6.45, 7) is 1.91. The average Bonchev–Trinajstić information content (AvgIpc) is 2.95. The van der Waals surface area contributed by atoms with Gasteiger partial charge in [-0.05, 0) is 25.1 Å². The van der Waals surface area contributed by atoms with Gasteiger partial charge in [0.1, 0.15) is 16.4 Å². The Morgan fingerprint density at radius 2 is 1.68 bits per heavy atom.